The van der Waals surface area contributed by atoms with Gasteiger partial charge in [0.05, 0.1) is 12.3 Å². The Kier molecular flexibility index (Phi) is 6.80. The predicted molar refractivity (Wildman–Crippen MR) is 85.7 cm³/mol. The predicted octanol–water partition coefficient (Wildman–Crippen LogP) is 3.58. The average molecular weight is 294 g/mol. The van der Waals surface area contributed by atoms with Crippen LogP contribution in [0.2, 0.25) is 0 Å². The maximum Gasteiger partial charge on any atom is 0.142 e. The lowest BCUT2D eigenvalue weighted by Crippen LogP contribution is -2.28. The van der Waals surface area contributed by atoms with Crippen molar-refractivity contribution in [3.05, 3.63) is 24.0 Å². The number of benzene rings is 1. The zero-order chi connectivity index (χ0) is 14.9. The van der Waals surface area contributed by atoms with Crippen molar-refractivity contribution in [1.82, 2.24) is 5.32 Å². The molecule has 0 aromatic heterocycles. The van der Waals surface area contributed by atoms with Crippen LogP contribution in [0.15, 0.2) is 18.2 Å². The second kappa shape index (κ2) is 8.88. The highest BCUT2D eigenvalue weighted by atomic mass is 19.1. The fourth-order valence-electron chi connectivity index (χ4n) is 2.66. The number of hydrogen-bond acceptors (Lipinski definition) is 3. The molecule has 1 heterocycles. The van der Waals surface area contributed by atoms with Crippen LogP contribution in [0.1, 0.15) is 39.0 Å². The molecule has 1 aliphatic rings. The van der Waals surface area contributed by atoms with Crippen LogP contribution in [0.4, 0.5) is 10.1 Å². The summed E-state index contributed by atoms with van der Waals surface area (Å²) in [5, 5.41) is 3.37. The maximum absolute atomic E-state index is 13.6. The molecule has 2 rings (SSSR count). The summed E-state index contributed by atoms with van der Waals surface area (Å²) < 4.78 is 19.5. The lowest BCUT2D eigenvalue weighted by atomic mass is 10.2. The zero-order valence-corrected chi connectivity index (χ0v) is 13.0. The molecule has 0 atom stereocenters. The smallest absolute Gasteiger partial charge is 0.142 e. The van der Waals surface area contributed by atoms with Gasteiger partial charge in [-0.2, -0.15) is 0 Å². The summed E-state index contributed by atoms with van der Waals surface area (Å²) in [5.74, 6) is 0.621. The Labute approximate surface area is 127 Å². The van der Waals surface area contributed by atoms with Gasteiger partial charge in [0, 0.05) is 25.7 Å². The van der Waals surface area contributed by atoms with E-state index in [-0.39, 0.29) is 5.82 Å². The van der Waals surface area contributed by atoms with Gasteiger partial charge in [-0.15, -0.1) is 0 Å². The topological polar surface area (TPSA) is 24.5 Å². The second-order valence-electron chi connectivity index (χ2n) is 5.61. The fourth-order valence-corrected chi connectivity index (χ4v) is 2.66. The molecule has 0 amide bonds. The highest BCUT2D eigenvalue weighted by Gasteiger charge is 2.15. The number of anilines is 1. The number of nitrogens with one attached hydrogen (secondary N) is 1. The Bertz CT molecular complexity index is 417. The van der Waals surface area contributed by atoms with Crippen LogP contribution in [-0.4, -0.2) is 32.8 Å². The number of halogens is 1. The highest BCUT2D eigenvalue weighted by molar-refractivity contribution is 5.58. The van der Waals surface area contributed by atoms with E-state index in [9.17, 15) is 4.39 Å². The molecule has 3 nitrogen and oxygen atoms in total. The minimum Gasteiger partial charge on any atom is -0.491 e. The Morgan fingerprint density at radius 3 is 2.95 bits per heavy atom. The minimum atomic E-state index is -0.194. The van der Waals surface area contributed by atoms with Crippen molar-refractivity contribution in [3.8, 4) is 5.75 Å². The fraction of sp³-hybridized carbons (Fsp3) is 0.647. The summed E-state index contributed by atoms with van der Waals surface area (Å²) in [6, 6.07) is 4.86. The molecule has 0 aliphatic carbocycles. The van der Waals surface area contributed by atoms with Gasteiger partial charge in [0.1, 0.15) is 11.6 Å². The molecule has 1 aromatic rings. The molecule has 0 spiro atoms. The zero-order valence-electron chi connectivity index (χ0n) is 13.0. The highest BCUT2D eigenvalue weighted by Crippen LogP contribution is 2.30. The molecule has 4 heteroatoms. The van der Waals surface area contributed by atoms with Crippen molar-refractivity contribution in [3.63, 3.8) is 0 Å². The summed E-state index contributed by atoms with van der Waals surface area (Å²) in [6.45, 7) is 6.72. The van der Waals surface area contributed by atoms with E-state index in [1.807, 2.05) is 0 Å². The van der Waals surface area contributed by atoms with Gasteiger partial charge in [-0.1, -0.05) is 26.2 Å². The Morgan fingerprint density at radius 1 is 1.19 bits per heavy atom. The lowest BCUT2D eigenvalue weighted by Gasteiger charge is -2.25. The van der Waals surface area contributed by atoms with Gasteiger partial charge in [0.15, 0.2) is 0 Å². The van der Waals surface area contributed by atoms with E-state index in [0.717, 1.165) is 50.5 Å². The van der Waals surface area contributed by atoms with Crippen molar-refractivity contribution >= 4 is 5.69 Å². The van der Waals surface area contributed by atoms with Crippen molar-refractivity contribution < 1.29 is 9.13 Å². The number of rotatable bonds is 7. The summed E-state index contributed by atoms with van der Waals surface area (Å²) in [7, 11) is 0. The second-order valence-corrected chi connectivity index (χ2v) is 5.61. The van der Waals surface area contributed by atoms with Crippen LogP contribution >= 0.6 is 0 Å². The molecule has 1 aliphatic heterocycles. The van der Waals surface area contributed by atoms with Gasteiger partial charge in [-0.25, -0.2) is 4.39 Å². The van der Waals surface area contributed by atoms with Crippen molar-refractivity contribution in [2.75, 3.05) is 37.7 Å². The van der Waals surface area contributed by atoms with Crippen LogP contribution in [0, 0.1) is 5.82 Å². The molecule has 1 fully saturated rings. The summed E-state index contributed by atoms with van der Waals surface area (Å²) >= 11 is 0. The van der Waals surface area contributed by atoms with Gasteiger partial charge in [0.2, 0.25) is 0 Å². The van der Waals surface area contributed by atoms with Crippen LogP contribution in [0.5, 0.6) is 5.75 Å². The summed E-state index contributed by atoms with van der Waals surface area (Å²) in [4.78, 5) is 2.23. The number of nitrogens with zero attached hydrogens (tertiary/aromatic N) is 1. The van der Waals surface area contributed by atoms with Crippen LogP contribution < -0.4 is 15.0 Å². The molecule has 1 aromatic carbocycles. The number of ether oxygens (including phenoxy) is 1. The molecule has 1 N–H and O–H groups in total. The largest absolute Gasteiger partial charge is 0.491 e. The Hall–Kier alpha value is -1.29. The number of unbranched alkanes of at least 4 members (excludes halogenated alkanes) is 3. The first-order chi connectivity index (χ1) is 10.3. The van der Waals surface area contributed by atoms with Crippen molar-refractivity contribution in [2.45, 2.75) is 39.0 Å². The molecule has 0 unspecified atom stereocenters. The SMILES string of the molecule is CCCCCCOc1ccc(F)cc1N1CCCNCC1. The molecule has 0 radical (unpaired) electrons. The third kappa shape index (κ3) is 5.20. The first-order valence-corrected chi connectivity index (χ1v) is 8.19. The monoisotopic (exact) mass is 294 g/mol. The molecule has 0 saturated carbocycles. The van der Waals surface area contributed by atoms with Gasteiger partial charge in [-0.3, -0.25) is 0 Å². The Morgan fingerprint density at radius 2 is 2.10 bits per heavy atom. The third-order valence-electron chi connectivity index (χ3n) is 3.86. The number of hydrogen-bond donors (Lipinski definition) is 1. The molecular formula is C17H27FN2O. The molecule has 21 heavy (non-hydrogen) atoms. The first-order valence-electron chi connectivity index (χ1n) is 8.19. The van der Waals surface area contributed by atoms with Gasteiger partial charge >= 0.3 is 0 Å². The van der Waals surface area contributed by atoms with Crippen LogP contribution in [0.3, 0.4) is 0 Å². The van der Waals surface area contributed by atoms with Crippen molar-refractivity contribution in [2.24, 2.45) is 0 Å². The van der Waals surface area contributed by atoms with E-state index in [2.05, 4.69) is 17.1 Å². The summed E-state index contributed by atoms with van der Waals surface area (Å²) in [6.07, 6.45) is 5.80. The molecule has 1 saturated heterocycles. The normalized spacial score (nSPS) is 15.8. The van der Waals surface area contributed by atoms with E-state index in [1.54, 1.807) is 12.1 Å². The van der Waals surface area contributed by atoms with Gasteiger partial charge < -0.3 is 15.0 Å². The van der Waals surface area contributed by atoms with E-state index >= 15 is 0 Å². The van der Waals surface area contributed by atoms with E-state index < -0.39 is 0 Å². The van der Waals surface area contributed by atoms with Crippen molar-refractivity contribution in [1.29, 1.82) is 0 Å². The first kappa shape index (κ1) is 16.1. The van der Waals surface area contributed by atoms with E-state index in [4.69, 9.17) is 4.74 Å². The maximum atomic E-state index is 13.6. The lowest BCUT2D eigenvalue weighted by molar-refractivity contribution is 0.305. The van der Waals surface area contributed by atoms with Crippen LogP contribution in [-0.2, 0) is 0 Å². The van der Waals surface area contributed by atoms with Gasteiger partial charge in [0.25, 0.3) is 0 Å². The van der Waals surface area contributed by atoms with E-state index in [0.29, 0.717) is 6.61 Å². The third-order valence-corrected chi connectivity index (χ3v) is 3.86. The molecule has 118 valence electrons. The molecular weight excluding hydrogens is 267 g/mol. The Balaban J connectivity index is 1.98. The summed E-state index contributed by atoms with van der Waals surface area (Å²) in [5.41, 5.74) is 0.897. The molecule has 0 bridgehead atoms. The van der Waals surface area contributed by atoms with Crippen LogP contribution in [0.25, 0.3) is 0 Å². The standard InChI is InChI=1S/C17H27FN2O/c1-2-3-4-5-13-21-17-8-7-15(18)14-16(17)20-11-6-9-19-10-12-20/h7-8,14,19H,2-6,9-13H2,1H3. The minimum absolute atomic E-state index is 0.194. The van der Waals surface area contributed by atoms with E-state index in [1.165, 1.54) is 25.3 Å². The average Bonchev–Trinajstić information content (AvgIpc) is 2.77. The quantitative estimate of drug-likeness (QED) is 0.778. The van der Waals surface area contributed by atoms with Gasteiger partial charge in [-0.05, 0) is 31.5 Å².